The van der Waals surface area contributed by atoms with Crippen LogP contribution in [0.15, 0.2) is 23.2 Å². The van der Waals surface area contributed by atoms with E-state index in [-0.39, 0.29) is 21.9 Å². The minimum absolute atomic E-state index is 0.00553. The molecule has 2 saturated heterocycles. The zero-order valence-electron chi connectivity index (χ0n) is 17.5. The highest BCUT2D eigenvalue weighted by Gasteiger charge is 2.42. The van der Waals surface area contributed by atoms with Gasteiger partial charge in [-0.05, 0) is 57.2 Å². The second kappa shape index (κ2) is 9.10. The molecule has 0 bridgehead atoms. The minimum atomic E-state index is -3.69. The molecular formula is C21H31ClN4O3S. The van der Waals surface area contributed by atoms with Crippen molar-refractivity contribution in [3.63, 3.8) is 0 Å². The molecule has 0 N–H and O–H groups in total. The van der Waals surface area contributed by atoms with Crippen LogP contribution in [-0.2, 0) is 14.8 Å². The molecule has 4 rings (SSSR count). The lowest BCUT2D eigenvalue weighted by molar-refractivity contribution is -0.141. The van der Waals surface area contributed by atoms with Gasteiger partial charge in [0.15, 0.2) is 0 Å². The van der Waals surface area contributed by atoms with Crippen molar-refractivity contribution < 1.29 is 13.2 Å². The van der Waals surface area contributed by atoms with Gasteiger partial charge in [-0.2, -0.15) is 4.31 Å². The quantitative estimate of drug-likeness (QED) is 0.618. The predicted molar refractivity (Wildman–Crippen MR) is 116 cm³/mol. The standard InChI is InChI=1S/C21H31ClN4O3S/c1-2-24-12-9-18(10-13-24)26(17-5-6-17)21(27)16-7-14-25(15-8-16)30(28,29)19-4-3-11-23-20(19)22/h3-4,11,16-18H,2,5-10,12-15H2,1H3. The van der Waals surface area contributed by atoms with Crippen LogP contribution in [0.2, 0.25) is 5.15 Å². The third-order valence-corrected chi connectivity index (χ3v) is 9.08. The van der Waals surface area contributed by atoms with E-state index in [0.717, 1.165) is 45.3 Å². The lowest BCUT2D eigenvalue weighted by Gasteiger charge is -2.41. The summed E-state index contributed by atoms with van der Waals surface area (Å²) in [5.74, 6) is 0.148. The first-order chi connectivity index (χ1) is 14.4. The summed E-state index contributed by atoms with van der Waals surface area (Å²) in [5.41, 5.74) is 0. The molecule has 3 fully saturated rings. The maximum atomic E-state index is 13.4. The van der Waals surface area contributed by atoms with Gasteiger partial charge in [-0.25, -0.2) is 13.4 Å². The van der Waals surface area contributed by atoms with E-state index >= 15 is 0 Å². The summed E-state index contributed by atoms with van der Waals surface area (Å²) in [6.07, 6.45) is 6.90. The van der Waals surface area contributed by atoms with E-state index in [4.69, 9.17) is 11.6 Å². The van der Waals surface area contributed by atoms with Gasteiger partial charge in [0, 0.05) is 50.4 Å². The summed E-state index contributed by atoms with van der Waals surface area (Å²) in [7, 11) is -3.69. The Morgan fingerprint density at radius 1 is 1.10 bits per heavy atom. The Morgan fingerprint density at radius 3 is 2.30 bits per heavy atom. The number of pyridine rings is 1. The highest BCUT2D eigenvalue weighted by molar-refractivity contribution is 7.89. The normalized spacial score (nSPS) is 22.9. The Morgan fingerprint density at radius 2 is 1.73 bits per heavy atom. The summed E-state index contributed by atoms with van der Waals surface area (Å²) in [6, 6.07) is 3.79. The first-order valence-corrected chi connectivity index (χ1v) is 12.9. The van der Waals surface area contributed by atoms with E-state index in [1.54, 1.807) is 6.07 Å². The van der Waals surface area contributed by atoms with Crippen molar-refractivity contribution in [2.24, 2.45) is 5.92 Å². The number of hydrogen-bond acceptors (Lipinski definition) is 5. The zero-order chi connectivity index (χ0) is 21.3. The maximum absolute atomic E-state index is 13.4. The average Bonchev–Trinajstić information content (AvgIpc) is 3.60. The van der Waals surface area contributed by atoms with Crippen molar-refractivity contribution in [3.8, 4) is 0 Å². The van der Waals surface area contributed by atoms with E-state index in [9.17, 15) is 13.2 Å². The number of carbonyl (C=O) groups is 1. The molecule has 3 heterocycles. The Balaban J connectivity index is 1.39. The topological polar surface area (TPSA) is 73.8 Å². The molecule has 1 aromatic heterocycles. The van der Waals surface area contributed by atoms with E-state index < -0.39 is 10.0 Å². The molecule has 0 radical (unpaired) electrons. The van der Waals surface area contributed by atoms with Crippen molar-refractivity contribution in [1.29, 1.82) is 0 Å². The van der Waals surface area contributed by atoms with Crippen LogP contribution in [0, 0.1) is 5.92 Å². The number of halogens is 1. The zero-order valence-corrected chi connectivity index (χ0v) is 19.1. The second-order valence-electron chi connectivity index (χ2n) is 8.61. The van der Waals surface area contributed by atoms with Gasteiger partial charge in [0.2, 0.25) is 15.9 Å². The molecule has 0 unspecified atom stereocenters. The Hall–Kier alpha value is -1.22. The SMILES string of the molecule is CCN1CCC(N(C(=O)C2CCN(S(=O)(=O)c3cccnc3Cl)CC2)C2CC2)CC1. The number of aromatic nitrogens is 1. The summed E-state index contributed by atoms with van der Waals surface area (Å²) in [4.78, 5) is 22.0. The van der Waals surface area contributed by atoms with Crippen LogP contribution in [0.3, 0.4) is 0 Å². The lowest BCUT2D eigenvalue weighted by atomic mass is 9.94. The van der Waals surface area contributed by atoms with Crippen molar-refractivity contribution >= 4 is 27.5 Å². The molecule has 9 heteroatoms. The monoisotopic (exact) mass is 454 g/mol. The molecular weight excluding hydrogens is 424 g/mol. The van der Waals surface area contributed by atoms with Crippen LogP contribution in [0.25, 0.3) is 0 Å². The fraction of sp³-hybridized carbons (Fsp3) is 0.714. The summed E-state index contributed by atoms with van der Waals surface area (Å²) >= 11 is 6.02. The Labute approximate surface area is 184 Å². The minimum Gasteiger partial charge on any atom is -0.336 e. The van der Waals surface area contributed by atoms with Gasteiger partial charge in [-0.1, -0.05) is 18.5 Å². The molecule has 0 atom stereocenters. The lowest BCUT2D eigenvalue weighted by Crippen LogP contribution is -2.51. The van der Waals surface area contributed by atoms with Gasteiger partial charge in [-0.3, -0.25) is 4.79 Å². The maximum Gasteiger partial charge on any atom is 0.246 e. The smallest absolute Gasteiger partial charge is 0.246 e. The molecule has 1 aliphatic carbocycles. The number of rotatable bonds is 6. The van der Waals surface area contributed by atoms with Crippen molar-refractivity contribution in [2.75, 3.05) is 32.7 Å². The van der Waals surface area contributed by atoms with Gasteiger partial charge in [0.25, 0.3) is 0 Å². The number of likely N-dealkylation sites (tertiary alicyclic amines) is 1. The molecule has 166 valence electrons. The Bertz CT molecular complexity index is 861. The van der Waals surface area contributed by atoms with Gasteiger partial charge in [0.1, 0.15) is 10.0 Å². The van der Waals surface area contributed by atoms with Crippen LogP contribution in [0.5, 0.6) is 0 Å². The molecule has 0 spiro atoms. The van der Waals surface area contributed by atoms with Crippen LogP contribution in [-0.4, -0.2) is 78.2 Å². The van der Waals surface area contributed by atoms with Gasteiger partial charge < -0.3 is 9.80 Å². The third-order valence-electron chi connectivity index (χ3n) is 6.74. The third kappa shape index (κ3) is 4.52. The molecule has 1 amide bonds. The van der Waals surface area contributed by atoms with Gasteiger partial charge in [0.05, 0.1) is 0 Å². The van der Waals surface area contributed by atoms with Crippen LogP contribution in [0.4, 0.5) is 0 Å². The molecule has 3 aliphatic rings. The molecule has 1 aromatic rings. The van der Waals surface area contributed by atoms with Crippen molar-refractivity contribution in [3.05, 3.63) is 23.5 Å². The molecule has 2 aliphatic heterocycles. The van der Waals surface area contributed by atoms with E-state index in [2.05, 4.69) is 21.7 Å². The van der Waals surface area contributed by atoms with Crippen molar-refractivity contribution in [1.82, 2.24) is 19.1 Å². The fourth-order valence-corrected chi connectivity index (χ4v) is 6.68. The van der Waals surface area contributed by atoms with Crippen LogP contribution < -0.4 is 0 Å². The number of sulfonamides is 1. The van der Waals surface area contributed by atoms with E-state index in [1.807, 2.05) is 0 Å². The number of carbonyl (C=O) groups excluding carboxylic acids is 1. The van der Waals surface area contributed by atoms with Gasteiger partial charge >= 0.3 is 0 Å². The number of hydrogen-bond donors (Lipinski definition) is 0. The molecule has 1 saturated carbocycles. The summed E-state index contributed by atoms with van der Waals surface area (Å²) in [6.45, 7) is 6.05. The highest BCUT2D eigenvalue weighted by Crippen LogP contribution is 2.35. The largest absolute Gasteiger partial charge is 0.336 e. The van der Waals surface area contributed by atoms with Crippen LogP contribution >= 0.6 is 11.6 Å². The van der Waals surface area contributed by atoms with Crippen LogP contribution in [0.1, 0.15) is 45.4 Å². The average molecular weight is 455 g/mol. The number of amides is 1. The van der Waals surface area contributed by atoms with Crippen molar-refractivity contribution in [2.45, 2.75) is 62.4 Å². The molecule has 30 heavy (non-hydrogen) atoms. The first kappa shape index (κ1) is 22.0. The summed E-state index contributed by atoms with van der Waals surface area (Å²) in [5, 5.41) is -0.00553. The number of piperidine rings is 2. The van der Waals surface area contributed by atoms with Gasteiger partial charge in [-0.15, -0.1) is 0 Å². The van der Waals surface area contributed by atoms with E-state index in [0.29, 0.717) is 38.0 Å². The Kier molecular flexibility index (Phi) is 6.67. The summed E-state index contributed by atoms with van der Waals surface area (Å²) < 4.78 is 27.3. The first-order valence-electron chi connectivity index (χ1n) is 11.1. The molecule has 7 nitrogen and oxygen atoms in total. The second-order valence-corrected chi connectivity index (χ2v) is 10.9. The molecule has 0 aromatic carbocycles. The fourth-order valence-electron chi connectivity index (χ4n) is 4.78. The van der Waals surface area contributed by atoms with E-state index in [1.165, 1.54) is 16.6 Å². The highest BCUT2D eigenvalue weighted by atomic mass is 35.5. The number of nitrogens with zero attached hydrogens (tertiary/aromatic N) is 4. The predicted octanol–water partition coefficient (Wildman–Crippen LogP) is 2.61.